The second-order valence-corrected chi connectivity index (χ2v) is 7.26. The predicted octanol–water partition coefficient (Wildman–Crippen LogP) is 0.930. The van der Waals surface area contributed by atoms with Crippen LogP contribution in [0.25, 0.3) is 0 Å². The summed E-state index contributed by atoms with van der Waals surface area (Å²) in [5.41, 5.74) is 7.64. The van der Waals surface area contributed by atoms with E-state index < -0.39 is 9.84 Å². The first-order valence-electron chi connectivity index (χ1n) is 6.21. The summed E-state index contributed by atoms with van der Waals surface area (Å²) in [5, 5.41) is 0. The Morgan fingerprint density at radius 2 is 2.00 bits per heavy atom. The number of nitrogens with two attached hydrogens (primary N) is 1. The summed E-state index contributed by atoms with van der Waals surface area (Å²) in [5.74, 6) is 0.648. The van der Waals surface area contributed by atoms with E-state index in [1.165, 1.54) is 5.56 Å². The van der Waals surface area contributed by atoms with Crippen molar-refractivity contribution in [1.29, 1.82) is 0 Å². The standard InChI is InChI=1S/C13H20N2O2S/c1-15(13-7-9-18(16,17)10-13)8-6-11-2-4-12(14)5-3-11/h2-5,13H,6-10,14H2,1H3. The summed E-state index contributed by atoms with van der Waals surface area (Å²) in [7, 11) is -0.784. The molecule has 0 radical (unpaired) electrons. The number of hydrogen-bond donors (Lipinski definition) is 1. The molecule has 1 atom stereocenters. The van der Waals surface area contributed by atoms with Gasteiger partial charge in [-0.1, -0.05) is 12.1 Å². The van der Waals surface area contributed by atoms with Crippen LogP contribution < -0.4 is 5.73 Å². The van der Waals surface area contributed by atoms with Gasteiger partial charge in [-0.2, -0.15) is 0 Å². The maximum Gasteiger partial charge on any atom is 0.151 e. The molecule has 18 heavy (non-hydrogen) atoms. The van der Waals surface area contributed by atoms with Crippen LogP contribution in [0, 0.1) is 0 Å². The van der Waals surface area contributed by atoms with Gasteiger partial charge >= 0.3 is 0 Å². The van der Waals surface area contributed by atoms with Crippen molar-refractivity contribution < 1.29 is 8.42 Å². The Hall–Kier alpha value is -1.07. The van der Waals surface area contributed by atoms with Crippen molar-refractivity contribution in [2.45, 2.75) is 18.9 Å². The molecule has 0 saturated carbocycles. The van der Waals surface area contributed by atoms with E-state index in [2.05, 4.69) is 4.90 Å². The van der Waals surface area contributed by atoms with E-state index >= 15 is 0 Å². The molecule has 2 rings (SSSR count). The topological polar surface area (TPSA) is 63.4 Å². The lowest BCUT2D eigenvalue weighted by atomic mass is 10.1. The van der Waals surface area contributed by atoms with Crippen LogP contribution in [0.2, 0.25) is 0 Å². The Morgan fingerprint density at radius 1 is 1.33 bits per heavy atom. The first-order valence-corrected chi connectivity index (χ1v) is 8.03. The Balaban J connectivity index is 1.85. The van der Waals surface area contributed by atoms with E-state index in [0.717, 1.165) is 25.1 Å². The minimum absolute atomic E-state index is 0.184. The molecule has 0 aliphatic carbocycles. The van der Waals surface area contributed by atoms with Gasteiger partial charge in [-0.05, 0) is 37.6 Å². The summed E-state index contributed by atoms with van der Waals surface area (Å²) in [6, 6.07) is 8.03. The normalized spacial score (nSPS) is 22.4. The number of sulfone groups is 1. The molecule has 0 amide bonds. The van der Waals surface area contributed by atoms with E-state index in [1.54, 1.807) is 0 Å². The van der Waals surface area contributed by atoms with E-state index in [0.29, 0.717) is 11.5 Å². The quantitative estimate of drug-likeness (QED) is 0.825. The highest BCUT2D eigenvalue weighted by Crippen LogP contribution is 2.17. The molecule has 1 aliphatic rings. The van der Waals surface area contributed by atoms with Gasteiger partial charge in [-0.3, -0.25) is 0 Å². The third-order valence-electron chi connectivity index (χ3n) is 3.56. The first kappa shape index (κ1) is 13.4. The molecule has 1 fully saturated rings. The minimum Gasteiger partial charge on any atom is -0.399 e. The number of nitrogen functional groups attached to an aromatic ring is 1. The fourth-order valence-corrected chi connectivity index (χ4v) is 4.10. The molecular weight excluding hydrogens is 248 g/mol. The molecule has 1 aromatic carbocycles. The van der Waals surface area contributed by atoms with E-state index in [-0.39, 0.29) is 6.04 Å². The molecule has 0 aromatic heterocycles. The molecule has 1 aliphatic heterocycles. The van der Waals surface area contributed by atoms with Gasteiger partial charge in [0.2, 0.25) is 0 Å². The summed E-state index contributed by atoms with van der Waals surface area (Å²) in [6.45, 7) is 0.879. The number of hydrogen-bond acceptors (Lipinski definition) is 4. The average molecular weight is 268 g/mol. The number of anilines is 1. The van der Waals surface area contributed by atoms with Crippen molar-refractivity contribution in [2.24, 2.45) is 0 Å². The molecule has 4 nitrogen and oxygen atoms in total. The van der Waals surface area contributed by atoms with Crippen molar-refractivity contribution in [3.8, 4) is 0 Å². The summed E-state index contributed by atoms with van der Waals surface area (Å²) >= 11 is 0. The highest BCUT2D eigenvalue weighted by Gasteiger charge is 2.30. The van der Waals surface area contributed by atoms with Crippen LogP contribution in [-0.4, -0.2) is 44.5 Å². The van der Waals surface area contributed by atoms with Crippen LogP contribution in [0.4, 0.5) is 5.69 Å². The van der Waals surface area contributed by atoms with Gasteiger partial charge in [0.25, 0.3) is 0 Å². The van der Waals surface area contributed by atoms with Crippen LogP contribution >= 0.6 is 0 Å². The largest absolute Gasteiger partial charge is 0.399 e. The number of benzene rings is 1. The highest BCUT2D eigenvalue weighted by atomic mass is 32.2. The number of likely N-dealkylation sites (N-methyl/N-ethyl adjacent to an activating group) is 1. The van der Waals surface area contributed by atoms with Crippen molar-refractivity contribution in [1.82, 2.24) is 4.90 Å². The van der Waals surface area contributed by atoms with E-state index in [9.17, 15) is 8.42 Å². The molecular formula is C13H20N2O2S. The SMILES string of the molecule is CN(CCc1ccc(N)cc1)C1CCS(=O)(=O)C1. The maximum absolute atomic E-state index is 11.4. The Bertz CT molecular complexity index is 496. The summed E-state index contributed by atoms with van der Waals surface area (Å²) in [6.07, 6.45) is 1.69. The molecule has 100 valence electrons. The zero-order valence-electron chi connectivity index (χ0n) is 10.7. The smallest absolute Gasteiger partial charge is 0.151 e. The third kappa shape index (κ3) is 3.46. The monoisotopic (exact) mass is 268 g/mol. The molecule has 1 saturated heterocycles. The van der Waals surface area contributed by atoms with Crippen LogP contribution in [0.15, 0.2) is 24.3 Å². The van der Waals surface area contributed by atoms with Crippen molar-refractivity contribution in [3.05, 3.63) is 29.8 Å². The molecule has 1 unspecified atom stereocenters. The minimum atomic E-state index is -2.79. The molecule has 2 N–H and O–H groups in total. The second-order valence-electron chi connectivity index (χ2n) is 5.03. The van der Waals surface area contributed by atoms with Crippen molar-refractivity contribution >= 4 is 15.5 Å². The van der Waals surface area contributed by atoms with Gasteiger partial charge in [0.15, 0.2) is 9.84 Å². The van der Waals surface area contributed by atoms with E-state index in [4.69, 9.17) is 5.73 Å². The highest BCUT2D eigenvalue weighted by molar-refractivity contribution is 7.91. The lowest BCUT2D eigenvalue weighted by Gasteiger charge is -2.22. The number of rotatable bonds is 4. The first-order chi connectivity index (χ1) is 8.46. The lowest BCUT2D eigenvalue weighted by molar-refractivity contribution is 0.265. The number of nitrogens with zero attached hydrogens (tertiary/aromatic N) is 1. The van der Waals surface area contributed by atoms with Crippen molar-refractivity contribution in [3.63, 3.8) is 0 Å². The van der Waals surface area contributed by atoms with Crippen LogP contribution in [-0.2, 0) is 16.3 Å². The van der Waals surface area contributed by atoms with Gasteiger partial charge in [0.1, 0.15) is 0 Å². The molecule has 1 heterocycles. The maximum atomic E-state index is 11.4. The summed E-state index contributed by atoms with van der Waals surface area (Å²) < 4.78 is 22.8. The van der Waals surface area contributed by atoms with Gasteiger partial charge in [-0.15, -0.1) is 0 Å². The zero-order valence-corrected chi connectivity index (χ0v) is 11.5. The van der Waals surface area contributed by atoms with Crippen molar-refractivity contribution in [2.75, 3.05) is 30.8 Å². The van der Waals surface area contributed by atoms with Gasteiger partial charge in [-0.25, -0.2) is 8.42 Å². The van der Waals surface area contributed by atoms with Gasteiger partial charge in [0.05, 0.1) is 11.5 Å². The fraction of sp³-hybridized carbons (Fsp3) is 0.538. The lowest BCUT2D eigenvalue weighted by Crippen LogP contribution is -2.34. The zero-order chi connectivity index (χ0) is 13.2. The van der Waals surface area contributed by atoms with Crippen LogP contribution in [0.1, 0.15) is 12.0 Å². The Kier molecular flexibility index (Phi) is 3.92. The van der Waals surface area contributed by atoms with Gasteiger partial charge in [0, 0.05) is 18.3 Å². The second kappa shape index (κ2) is 5.28. The van der Waals surface area contributed by atoms with Gasteiger partial charge < -0.3 is 10.6 Å². The average Bonchev–Trinajstić information content (AvgIpc) is 2.69. The van der Waals surface area contributed by atoms with Crippen LogP contribution in [0.3, 0.4) is 0 Å². The Morgan fingerprint density at radius 3 is 2.56 bits per heavy atom. The molecule has 1 aromatic rings. The third-order valence-corrected chi connectivity index (χ3v) is 5.32. The molecule has 0 bridgehead atoms. The Labute approximate surface area is 109 Å². The fourth-order valence-electron chi connectivity index (χ4n) is 2.30. The molecule has 0 spiro atoms. The molecule has 5 heteroatoms. The predicted molar refractivity (Wildman–Crippen MR) is 74.2 cm³/mol. The van der Waals surface area contributed by atoms with Crippen LogP contribution in [0.5, 0.6) is 0 Å². The summed E-state index contributed by atoms with van der Waals surface area (Å²) in [4.78, 5) is 2.15. The van der Waals surface area contributed by atoms with E-state index in [1.807, 2.05) is 31.3 Å².